The first-order chi connectivity index (χ1) is 9.88. The van der Waals surface area contributed by atoms with Crippen LogP contribution in [0.15, 0.2) is 0 Å². The molecule has 2 aliphatic heterocycles. The van der Waals surface area contributed by atoms with Gasteiger partial charge in [0.1, 0.15) is 11.6 Å². The molecule has 2 aliphatic rings. The Morgan fingerprint density at radius 3 is 3.10 bits per heavy atom. The molecule has 3 rings (SSSR count). The van der Waals surface area contributed by atoms with Crippen LogP contribution in [0, 0.1) is 0 Å². The van der Waals surface area contributed by atoms with Gasteiger partial charge in [0.25, 0.3) is 0 Å². The van der Waals surface area contributed by atoms with Gasteiger partial charge in [0.2, 0.25) is 0 Å². The number of fused-ring (bicyclic) bond motifs is 1. The Balaban J connectivity index is 1.55. The predicted octanol–water partition coefficient (Wildman–Crippen LogP) is 1.83. The largest absolute Gasteiger partial charge is 0.382 e. The molecule has 0 N–H and O–H groups in total. The van der Waals surface area contributed by atoms with E-state index < -0.39 is 0 Å². The van der Waals surface area contributed by atoms with Gasteiger partial charge in [-0.1, -0.05) is 0 Å². The van der Waals surface area contributed by atoms with Crippen LogP contribution >= 0.6 is 0 Å². The summed E-state index contributed by atoms with van der Waals surface area (Å²) in [5.41, 5.74) is 0. The fraction of sp³-hybridized carbons (Fsp3) is 0.867. The Morgan fingerprint density at radius 1 is 1.25 bits per heavy atom. The molecule has 1 aromatic heterocycles. The summed E-state index contributed by atoms with van der Waals surface area (Å²) in [5, 5.41) is 8.83. The lowest BCUT2D eigenvalue weighted by Crippen LogP contribution is -2.36. The molecule has 20 heavy (non-hydrogen) atoms. The van der Waals surface area contributed by atoms with E-state index in [2.05, 4.69) is 26.6 Å². The summed E-state index contributed by atoms with van der Waals surface area (Å²) in [6.07, 6.45) is 6.03. The molecular formula is C15H26N4O. The van der Waals surface area contributed by atoms with E-state index in [1.165, 1.54) is 37.5 Å². The summed E-state index contributed by atoms with van der Waals surface area (Å²) < 4.78 is 7.80. The van der Waals surface area contributed by atoms with Gasteiger partial charge in [0, 0.05) is 45.2 Å². The van der Waals surface area contributed by atoms with Crippen molar-refractivity contribution in [2.75, 3.05) is 32.8 Å². The number of likely N-dealkylation sites (tertiary alicyclic amines) is 1. The average Bonchev–Trinajstić information content (AvgIpc) is 3.06. The van der Waals surface area contributed by atoms with Gasteiger partial charge >= 0.3 is 0 Å². The highest BCUT2D eigenvalue weighted by molar-refractivity contribution is 5.07. The topological polar surface area (TPSA) is 43.2 Å². The fourth-order valence-electron chi connectivity index (χ4n) is 3.48. The first kappa shape index (κ1) is 14.0. The van der Waals surface area contributed by atoms with Gasteiger partial charge in [-0.05, 0) is 39.2 Å². The molecule has 1 saturated heterocycles. The number of ether oxygens (including phenoxy) is 1. The van der Waals surface area contributed by atoms with Crippen molar-refractivity contribution >= 4 is 0 Å². The second-order valence-corrected chi connectivity index (χ2v) is 5.92. The van der Waals surface area contributed by atoms with Crippen molar-refractivity contribution in [3.05, 3.63) is 11.6 Å². The Kier molecular flexibility index (Phi) is 4.68. The first-order valence-corrected chi connectivity index (χ1v) is 8.10. The molecule has 3 heterocycles. The number of nitrogens with zero attached hydrogens (tertiary/aromatic N) is 4. The number of piperidine rings is 1. The predicted molar refractivity (Wildman–Crippen MR) is 77.9 cm³/mol. The summed E-state index contributed by atoms with van der Waals surface area (Å²) in [6, 6.07) is 0. The number of rotatable bonds is 6. The van der Waals surface area contributed by atoms with Crippen LogP contribution in [0.2, 0.25) is 0 Å². The first-order valence-electron chi connectivity index (χ1n) is 8.10. The van der Waals surface area contributed by atoms with Gasteiger partial charge < -0.3 is 14.2 Å². The molecule has 0 spiro atoms. The second-order valence-electron chi connectivity index (χ2n) is 5.92. The van der Waals surface area contributed by atoms with Gasteiger partial charge in [-0.2, -0.15) is 0 Å². The zero-order valence-corrected chi connectivity index (χ0v) is 12.6. The second kappa shape index (κ2) is 6.68. The zero-order valence-electron chi connectivity index (χ0n) is 12.6. The molecule has 0 aromatic carbocycles. The van der Waals surface area contributed by atoms with Crippen molar-refractivity contribution in [2.45, 2.75) is 51.5 Å². The summed E-state index contributed by atoms with van der Waals surface area (Å²) in [7, 11) is 0. The molecule has 5 nitrogen and oxygen atoms in total. The Bertz CT molecular complexity index is 432. The minimum absolute atomic E-state index is 0.579. The molecule has 1 aromatic rings. The number of aromatic nitrogens is 3. The third-order valence-electron chi connectivity index (χ3n) is 4.48. The van der Waals surface area contributed by atoms with Gasteiger partial charge in [0.15, 0.2) is 0 Å². The molecule has 112 valence electrons. The van der Waals surface area contributed by atoms with E-state index in [1.54, 1.807) is 0 Å². The Labute approximate surface area is 121 Å². The van der Waals surface area contributed by atoms with Gasteiger partial charge in [-0.25, -0.2) is 0 Å². The normalized spacial score (nSPS) is 23.1. The van der Waals surface area contributed by atoms with E-state index in [0.717, 1.165) is 45.7 Å². The SMILES string of the molecule is CCOCCCN1CCC[C@H](c2nnc3n2CCC3)C1. The minimum atomic E-state index is 0.579. The van der Waals surface area contributed by atoms with Crippen molar-refractivity contribution in [3.63, 3.8) is 0 Å². The highest BCUT2D eigenvalue weighted by Crippen LogP contribution is 2.28. The quantitative estimate of drug-likeness (QED) is 0.745. The monoisotopic (exact) mass is 278 g/mol. The van der Waals surface area contributed by atoms with Crippen LogP contribution in [0.3, 0.4) is 0 Å². The lowest BCUT2D eigenvalue weighted by molar-refractivity contribution is 0.123. The molecule has 0 radical (unpaired) electrons. The smallest absolute Gasteiger partial charge is 0.137 e. The van der Waals surface area contributed by atoms with E-state index in [0.29, 0.717) is 5.92 Å². The molecule has 0 amide bonds. The van der Waals surface area contributed by atoms with Crippen LogP contribution in [-0.4, -0.2) is 52.5 Å². The third-order valence-corrected chi connectivity index (χ3v) is 4.48. The van der Waals surface area contributed by atoms with Crippen LogP contribution in [0.25, 0.3) is 0 Å². The molecule has 1 atom stereocenters. The van der Waals surface area contributed by atoms with Crippen LogP contribution in [0.4, 0.5) is 0 Å². The summed E-state index contributed by atoms with van der Waals surface area (Å²) in [5.74, 6) is 3.02. The highest BCUT2D eigenvalue weighted by atomic mass is 16.5. The zero-order chi connectivity index (χ0) is 13.8. The molecule has 0 unspecified atom stereocenters. The maximum Gasteiger partial charge on any atom is 0.137 e. The number of hydrogen-bond donors (Lipinski definition) is 0. The number of hydrogen-bond acceptors (Lipinski definition) is 4. The molecule has 0 saturated carbocycles. The maximum atomic E-state index is 5.43. The Hall–Kier alpha value is -0.940. The molecule has 0 aliphatic carbocycles. The van der Waals surface area contributed by atoms with Crippen molar-refractivity contribution in [1.82, 2.24) is 19.7 Å². The Morgan fingerprint density at radius 2 is 2.20 bits per heavy atom. The number of aryl methyl sites for hydroxylation is 1. The van der Waals surface area contributed by atoms with E-state index in [9.17, 15) is 0 Å². The maximum absolute atomic E-state index is 5.43. The fourth-order valence-corrected chi connectivity index (χ4v) is 3.48. The van der Waals surface area contributed by atoms with Crippen molar-refractivity contribution in [3.8, 4) is 0 Å². The van der Waals surface area contributed by atoms with Crippen molar-refractivity contribution in [2.24, 2.45) is 0 Å². The van der Waals surface area contributed by atoms with E-state index in [1.807, 2.05) is 0 Å². The van der Waals surface area contributed by atoms with Crippen LogP contribution in [0.1, 0.15) is 50.2 Å². The third kappa shape index (κ3) is 3.04. The van der Waals surface area contributed by atoms with E-state index in [-0.39, 0.29) is 0 Å². The van der Waals surface area contributed by atoms with Crippen molar-refractivity contribution in [1.29, 1.82) is 0 Å². The average molecular weight is 278 g/mol. The molecule has 1 fully saturated rings. The van der Waals surface area contributed by atoms with E-state index >= 15 is 0 Å². The molecule has 0 bridgehead atoms. The molecular weight excluding hydrogens is 252 g/mol. The van der Waals surface area contributed by atoms with Crippen LogP contribution in [0.5, 0.6) is 0 Å². The van der Waals surface area contributed by atoms with Crippen LogP contribution in [-0.2, 0) is 17.7 Å². The summed E-state index contributed by atoms with van der Waals surface area (Å²) in [6.45, 7) is 8.42. The lowest BCUT2D eigenvalue weighted by Gasteiger charge is -2.32. The molecule has 5 heteroatoms. The lowest BCUT2D eigenvalue weighted by atomic mass is 9.97. The highest BCUT2D eigenvalue weighted by Gasteiger charge is 2.27. The summed E-state index contributed by atoms with van der Waals surface area (Å²) in [4.78, 5) is 2.57. The van der Waals surface area contributed by atoms with Crippen LogP contribution < -0.4 is 0 Å². The standard InChI is InChI=1S/C15H26N4O/c1-2-20-11-5-9-18-8-3-6-13(12-18)15-17-16-14-7-4-10-19(14)15/h13H,2-12H2,1H3/t13-/m0/s1. The van der Waals surface area contributed by atoms with Crippen molar-refractivity contribution < 1.29 is 4.74 Å². The summed E-state index contributed by atoms with van der Waals surface area (Å²) >= 11 is 0. The van der Waals surface area contributed by atoms with Gasteiger partial charge in [0.05, 0.1) is 0 Å². The van der Waals surface area contributed by atoms with E-state index in [4.69, 9.17) is 4.74 Å². The van der Waals surface area contributed by atoms with Gasteiger partial charge in [-0.3, -0.25) is 0 Å². The minimum Gasteiger partial charge on any atom is -0.382 e. The van der Waals surface area contributed by atoms with Gasteiger partial charge in [-0.15, -0.1) is 10.2 Å².